The molecule has 2 bridgehead atoms. The molecule has 6 rings (SSSR count). The number of alkyl halides is 2. The fraction of sp³-hybridized carbons (Fsp3) is 0.686. The van der Waals surface area contributed by atoms with Gasteiger partial charge in [0.2, 0.25) is 11.8 Å². The van der Waals surface area contributed by atoms with E-state index in [1.54, 1.807) is 25.1 Å². The Kier molecular flexibility index (Phi) is 8.62. The van der Waals surface area contributed by atoms with Crippen molar-refractivity contribution in [2.24, 2.45) is 22.7 Å². The Labute approximate surface area is 274 Å². The van der Waals surface area contributed by atoms with Crippen LogP contribution in [0.1, 0.15) is 91.7 Å². The molecular weight excluding hydrogens is 610 g/mol. The number of hydrogen-bond donors (Lipinski definition) is 1. The van der Waals surface area contributed by atoms with E-state index < -0.39 is 58.6 Å². The summed E-state index contributed by atoms with van der Waals surface area (Å²) in [4.78, 5) is 51.1. The van der Waals surface area contributed by atoms with Crippen molar-refractivity contribution < 1.29 is 37.4 Å². The van der Waals surface area contributed by atoms with Crippen molar-refractivity contribution in [2.45, 2.75) is 116 Å². The molecule has 4 aliphatic rings. The van der Waals surface area contributed by atoms with Crippen molar-refractivity contribution >= 4 is 28.8 Å². The number of methoxy groups -OCH3 is 1. The molecule has 47 heavy (non-hydrogen) atoms. The predicted octanol–water partition coefficient (Wildman–Crippen LogP) is 6.19. The Morgan fingerprint density at radius 3 is 2.40 bits per heavy atom. The van der Waals surface area contributed by atoms with Crippen LogP contribution in [0.4, 0.5) is 13.6 Å². The average Bonchev–Trinajstić information content (AvgIpc) is 3.58. The van der Waals surface area contributed by atoms with Gasteiger partial charge < -0.3 is 24.4 Å². The van der Waals surface area contributed by atoms with E-state index in [4.69, 9.17) is 14.2 Å². The third-order valence-corrected chi connectivity index (χ3v) is 10.9. The second kappa shape index (κ2) is 12.1. The quantitative estimate of drug-likeness (QED) is 0.407. The van der Waals surface area contributed by atoms with Gasteiger partial charge >= 0.3 is 12.0 Å². The lowest BCUT2D eigenvalue weighted by molar-refractivity contribution is -0.141. The summed E-state index contributed by atoms with van der Waals surface area (Å²) >= 11 is 0. The van der Waals surface area contributed by atoms with Crippen molar-refractivity contribution in [2.75, 3.05) is 13.7 Å². The van der Waals surface area contributed by atoms with E-state index in [9.17, 15) is 14.4 Å². The third-order valence-electron chi connectivity index (χ3n) is 10.9. The fourth-order valence-electron chi connectivity index (χ4n) is 7.91. The smallest absolute Gasteiger partial charge is 0.408 e. The van der Waals surface area contributed by atoms with Crippen LogP contribution in [0.25, 0.3) is 11.0 Å². The van der Waals surface area contributed by atoms with Gasteiger partial charge in [-0.1, -0.05) is 34.1 Å². The van der Waals surface area contributed by atoms with Crippen LogP contribution in [0.3, 0.4) is 0 Å². The minimum Gasteiger partial charge on any atom is -0.497 e. The molecule has 2 aliphatic heterocycles. The highest BCUT2D eigenvalue weighted by Gasteiger charge is 2.64. The molecule has 1 aromatic carbocycles. The molecule has 1 aromatic heterocycles. The number of Topliss-reactive ketones (excluding diaryl/α,β-unsaturated/α-hetero) is 1. The normalized spacial score (nSPS) is 30.8. The van der Waals surface area contributed by atoms with E-state index in [0.29, 0.717) is 48.9 Å². The van der Waals surface area contributed by atoms with Crippen molar-refractivity contribution in [3.05, 3.63) is 23.9 Å². The van der Waals surface area contributed by atoms with Crippen molar-refractivity contribution in [3.63, 3.8) is 0 Å². The van der Waals surface area contributed by atoms with Crippen LogP contribution < -0.4 is 14.8 Å². The zero-order chi connectivity index (χ0) is 33.9. The number of benzene rings is 1. The number of nitrogens with zero attached hydrogens (tertiary/aromatic N) is 3. The molecular formula is C35H46F2N4O6. The number of ketones is 1. The molecule has 0 unspecified atom stereocenters. The van der Waals surface area contributed by atoms with Crippen molar-refractivity contribution in [1.82, 2.24) is 20.2 Å². The summed E-state index contributed by atoms with van der Waals surface area (Å²) in [5.74, 6) is -4.42. The number of nitrogens with one attached hydrogen (secondary N) is 1. The summed E-state index contributed by atoms with van der Waals surface area (Å²) in [6, 6.07) is 2.97. The molecule has 2 saturated carbocycles. The van der Waals surface area contributed by atoms with Gasteiger partial charge in [0, 0.05) is 17.4 Å². The number of amides is 2. The molecule has 3 heterocycles. The molecule has 3 fully saturated rings. The van der Waals surface area contributed by atoms with Crippen LogP contribution in [-0.4, -0.2) is 70.6 Å². The minimum atomic E-state index is -3.35. The summed E-state index contributed by atoms with van der Waals surface area (Å²) in [7, 11) is 1.51. The summed E-state index contributed by atoms with van der Waals surface area (Å²) in [6.07, 6.45) is 2.69. The Morgan fingerprint density at radius 2 is 1.74 bits per heavy atom. The number of carbonyl (C=O) groups is 3. The molecule has 2 aromatic rings. The average molecular weight is 657 g/mol. The third kappa shape index (κ3) is 6.12. The van der Waals surface area contributed by atoms with Crippen LogP contribution in [0.15, 0.2) is 18.2 Å². The predicted molar refractivity (Wildman–Crippen MR) is 169 cm³/mol. The van der Waals surface area contributed by atoms with Gasteiger partial charge in [-0.25, -0.2) is 14.8 Å². The summed E-state index contributed by atoms with van der Waals surface area (Å²) in [5.41, 5.74) is -1.92. The molecule has 6 atom stereocenters. The number of fused-ring (bicyclic) bond motifs is 5. The van der Waals surface area contributed by atoms with Crippen LogP contribution >= 0.6 is 0 Å². The second-order valence-electron chi connectivity index (χ2n) is 15.1. The maximum atomic E-state index is 16.8. The van der Waals surface area contributed by atoms with Gasteiger partial charge in [0.1, 0.15) is 24.0 Å². The second-order valence-corrected chi connectivity index (χ2v) is 15.1. The summed E-state index contributed by atoms with van der Waals surface area (Å²) in [5, 5.41) is 2.82. The zero-order valence-electron chi connectivity index (χ0n) is 28.1. The van der Waals surface area contributed by atoms with Crippen LogP contribution in [0.5, 0.6) is 11.6 Å². The number of ether oxygens (including phenoxy) is 3. The number of aromatic nitrogens is 2. The highest BCUT2D eigenvalue weighted by atomic mass is 19.3. The Hall–Kier alpha value is -3.57. The van der Waals surface area contributed by atoms with Gasteiger partial charge in [0.15, 0.2) is 11.5 Å². The molecule has 0 radical (unpaired) electrons. The summed E-state index contributed by atoms with van der Waals surface area (Å²) in [6.45, 7) is 8.59. The van der Waals surface area contributed by atoms with Crippen LogP contribution in [-0.2, 0) is 20.2 Å². The molecule has 256 valence electrons. The molecule has 2 aliphatic carbocycles. The summed E-state index contributed by atoms with van der Waals surface area (Å²) < 4.78 is 51.3. The molecule has 2 amide bonds. The van der Waals surface area contributed by atoms with E-state index >= 15 is 8.78 Å². The monoisotopic (exact) mass is 656 g/mol. The molecule has 1 N–H and O–H groups in total. The highest BCUT2D eigenvalue weighted by molar-refractivity contribution is 5.92. The molecule has 10 nitrogen and oxygen atoms in total. The van der Waals surface area contributed by atoms with Gasteiger partial charge in [-0.2, -0.15) is 8.78 Å². The molecule has 12 heteroatoms. The minimum absolute atomic E-state index is 0.0458. The standard InChI is InChI=1S/C35H46F2N4O6/c1-19-26-18-41(27(19)20(2)42)31(43)29(33(3,4)5)40-32(44)47-25-11-7-9-21(25)10-8-14-34(15-16-34)35(36,37)28-30(46-26)39-24-17-22(45-6)12-13-23(24)38-28/h12-13,17,19,21,25-27,29H,7-11,14-16,18H2,1-6H3,(H,40,44)/t19-,21+,25-,26+,27+,29-/m1/s1. The Morgan fingerprint density at radius 1 is 1.02 bits per heavy atom. The number of alkyl carbamates (subject to hydrolysis) is 1. The lowest BCUT2D eigenvalue weighted by atomic mass is 9.85. The van der Waals surface area contributed by atoms with E-state index in [-0.39, 0.29) is 36.7 Å². The highest BCUT2D eigenvalue weighted by Crippen LogP contribution is 2.65. The van der Waals surface area contributed by atoms with E-state index in [2.05, 4.69) is 15.3 Å². The number of halogens is 2. The number of carbonyl (C=O) groups excluding carboxylic acids is 3. The lowest BCUT2D eigenvalue weighted by Gasteiger charge is -2.35. The maximum absolute atomic E-state index is 16.8. The Balaban J connectivity index is 1.45. The first-order chi connectivity index (χ1) is 22.1. The number of hydrogen-bond acceptors (Lipinski definition) is 8. The van der Waals surface area contributed by atoms with Gasteiger partial charge in [-0.15, -0.1) is 0 Å². The fourth-order valence-corrected chi connectivity index (χ4v) is 7.91. The first-order valence-corrected chi connectivity index (χ1v) is 16.8. The van der Waals surface area contributed by atoms with Crippen LogP contribution in [0.2, 0.25) is 0 Å². The Bertz CT molecular complexity index is 1560. The molecule has 1 spiro atoms. The van der Waals surface area contributed by atoms with Gasteiger partial charge in [0.25, 0.3) is 0 Å². The maximum Gasteiger partial charge on any atom is 0.408 e. The van der Waals surface area contributed by atoms with Gasteiger partial charge in [0.05, 0.1) is 30.7 Å². The van der Waals surface area contributed by atoms with Crippen molar-refractivity contribution in [1.29, 1.82) is 0 Å². The SMILES string of the molecule is COc1ccc2nc3c(nc2c1)O[C@H]1CN(C(=O)[C@H](C(C)(C)C)NC(=O)O[C@@H]2CCC[C@H]2CCCC2(CC2)C3(F)F)[C@H](C(C)=O)[C@@H]1C. The first kappa shape index (κ1) is 33.3. The first-order valence-electron chi connectivity index (χ1n) is 16.8. The van der Waals surface area contributed by atoms with Gasteiger partial charge in [-0.3, -0.25) is 9.59 Å². The van der Waals surface area contributed by atoms with E-state index in [1.807, 2.05) is 20.8 Å². The largest absolute Gasteiger partial charge is 0.497 e. The zero-order valence-corrected chi connectivity index (χ0v) is 28.1. The van der Waals surface area contributed by atoms with Crippen LogP contribution in [0, 0.1) is 22.7 Å². The van der Waals surface area contributed by atoms with Crippen molar-refractivity contribution in [3.8, 4) is 11.6 Å². The lowest BCUT2D eigenvalue weighted by Crippen LogP contribution is -2.57. The van der Waals surface area contributed by atoms with E-state index in [1.165, 1.54) is 18.9 Å². The van der Waals surface area contributed by atoms with E-state index in [0.717, 1.165) is 12.8 Å². The molecule has 1 saturated heterocycles. The van der Waals surface area contributed by atoms with Gasteiger partial charge in [-0.05, 0) is 75.3 Å². The number of rotatable bonds is 2. The topological polar surface area (TPSA) is 120 Å².